The molecular formula is C18H20N2OS. The highest BCUT2D eigenvalue weighted by Gasteiger charge is 2.10. The summed E-state index contributed by atoms with van der Waals surface area (Å²) in [6.07, 6.45) is 16.7. The molecule has 4 heteroatoms. The molecular weight excluding hydrogens is 292 g/mol. The van der Waals surface area contributed by atoms with E-state index in [1.54, 1.807) is 36.3 Å². The fraction of sp³-hybridized carbons (Fsp3) is 0.222. The monoisotopic (exact) mass is 312 g/mol. The van der Waals surface area contributed by atoms with E-state index >= 15 is 0 Å². The predicted octanol–water partition coefficient (Wildman–Crippen LogP) is 4.50. The molecule has 0 fully saturated rings. The minimum atomic E-state index is 0.0387. The molecule has 2 aromatic rings. The molecule has 0 bridgehead atoms. The van der Waals surface area contributed by atoms with Crippen LogP contribution in [0, 0.1) is 0 Å². The van der Waals surface area contributed by atoms with Crippen molar-refractivity contribution in [3.63, 3.8) is 0 Å². The third kappa shape index (κ3) is 3.22. The molecule has 0 radical (unpaired) electrons. The second-order valence-corrected chi connectivity index (χ2v) is 5.26. The van der Waals surface area contributed by atoms with Crippen LogP contribution in [0.5, 0.6) is 0 Å². The van der Waals surface area contributed by atoms with Crippen LogP contribution in [0.3, 0.4) is 0 Å². The summed E-state index contributed by atoms with van der Waals surface area (Å²) in [4.78, 5) is 16.3. The first-order valence-electron chi connectivity index (χ1n) is 7.39. The van der Waals surface area contributed by atoms with Crippen LogP contribution in [-0.4, -0.2) is 15.8 Å². The van der Waals surface area contributed by atoms with Crippen LogP contribution >= 0.6 is 11.8 Å². The molecule has 0 saturated carbocycles. The number of allylic oxidation sites excluding steroid dienone is 6. The van der Waals surface area contributed by atoms with Gasteiger partial charge >= 0.3 is 0 Å². The first kappa shape index (κ1) is 16.3. The molecule has 0 unspecified atom stereocenters. The van der Waals surface area contributed by atoms with Crippen molar-refractivity contribution < 1.29 is 0 Å². The zero-order chi connectivity index (χ0) is 15.9. The Kier molecular flexibility index (Phi) is 5.78. The Bertz CT molecular complexity index is 800. The highest BCUT2D eigenvalue weighted by atomic mass is 32.2. The van der Waals surface area contributed by atoms with Crippen molar-refractivity contribution in [2.24, 2.45) is 0 Å². The average molecular weight is 312 g/mol. The van der Waals surface area contributed by atoms with Crippen molar-refractivity contribution in [1.82, 2.24) is 9.55 Å². The SMILES string of the molecule is CC.CSc1cc(=O)c2ccncc2n1C1=CC=CCC=C1. The zero-order valence-corrected chi connectivity index (χ0v) is 13.9. The van der Waals surface area contributed by atoms with E-state index in [2.05, 4.69) is 33.9 Å². The van der Waals surface area contributed by atoms with Gasteiger partial charge in [0, 0.05) is 23.3 Å². The van der Waals surface area contributed by atoms with E-state index in [9.17, 15) is 4.79 Å². The first-order valence-corrected chi connectivity index (χ1v) is 8.61. The number of nitrogens with zero attached hydrogens (tertiary/aromatic N) is 2. The smallest absolute Gasteiger partial charge is 0.190 e. The van der Waals surface area contributed by atoms with Gasteiger partial charge in [-0.2, -0.15) is 0 Å². The lowest BCUT2D eigenvalue weighted by molar-refractivity contribution is 0.989. The van der Waals surface area contributed by atoms with Crippen LogP contribution < -0.4 is 5.43 Å². The number of rotatable bonds is 2. The molecule has 0 spiro atoms. The van der Waals surface area contributed by atoms with E-state index in [1.165, 1.54) is 0 Å². The molecule has 0 N–H and O–H groups in total. The molecule has 0 atom stereocenters. The van der Waals surface area contributed by atoms with Gasteiger partial charge in [-0.05, 0) is 30.9 Å². The summed E-state index contributed by atoms with van der Waals surface area (Å²) in [5.74, 6) is 0. The van der Waals surface area contributed by atoms with E-state index in [-0.39, 0.29) is 5.43 Å². The van der Waals surface area contributed by atoms with Gasteiger partial charge in [-0.3, -0.25) is 9.78 Å². The molecule has 0 saturated heterocycles. The minimum absolute atomic E-state index is 0.0387. The van der Waals surface area contributed by atoms with Gasteiger partial charge in [-0.1, -0.05) is 32.1 Å². The highest BCUT2D eigenvalue weighted by Crippen LogP contribution is 2.25. The van der Waals surface area contributed by atoms with Gasteiger partial charge in [0.2, 0.25) is 0 Å². The summed E-state index contributed by atoms with van der Waals surface area (Å²) in [7, 11) is 0. The van der Waals surface area contributed by atoms with E-state index < -0.39 is 0 Å². The summed E-state index contributed by atoms with van der Waals surface area (Å²) < 4.78 is 2.08. The molecule has 2 heterocycles. The topological polar surface area (TPSA) is 34.9 Å². The average Bonchev–Trinajstić information content (AvgIpc) is 2.85. The third-order valence-corrected chi connectivity index (χ3v) is 3.93. The van der Waals surface area contributed by atoms with Crippen molar-refractivity contribution in [3.8, 4) is 0 Å². The van der Waals surface area contributed by atoms with Gasteiger partial charge in [0.05, 0.1) is 16.7 Å². The number of hydrogen-bond donors (Lipinski definition) is 0. The molecule has 114 valence electrons. The van der Waals surface area contributed by atoms with Gasteiger partial charge in [-0.15, -0.1) is 11.8 Å². The molecule has 2 aromatic heterocycles. The van der Waals surface area contributed by atoms with Crippen molar-refractivity contribution in [3.05, 3.63) is 65.1 Å². The normalized spacial score (nSPS) is 13.3. The standard InChI is InChI=1S/C16H14N2OS.C2H6/c1-20-16-10-15(19)13-8-9-17-11-14(13)18(16)12-6-4-2-3-5-7-12;1-2/h2,4-11H,3H2,1H3;1-2H3. The Hall–Kier alpha value is -2.07. The van der Waals surface area contributed by atoms with Crippen molar-refractivity contribution in [2.75, 3.05) is 6.26 Å². The molecule has 3 rings (SSSR count). The van der Waals surface area contributed by atoms with E-state index in [0.717, 1.165) is 22.7 Å². The number of pyridine rings is 2. The number of fused-ring (bicyclic) bond motifs is 1. The summed E-state index contributed by atoms with van der Waals surface area (Å²) in [6.45, 7) is 4.00. The largest absolute Gasteiger partial charge is 0.302 e. The van der Waals surface area contributed by atoms with Crippen molar-refractivity contribution in [1.29, 1.82) is 0 Å². The summed E-state index contributed by atoms with van der Waals surface area (Å²) in [5.41, 5.74) is 1.92. The van der Waals surface area contributed by atoms with E-state index in [4.69, 9.17) is 0 Å². The van der Waals surface area contributed by atoms with Gasteiger partial charge in [0.25, 0.3) is 0 Å². The van der Waals surface area contributed by atoms with Crippen LogP contribution in [0.25, 0.3) is 16.6 Å². The third-order valence-electron chi connectivity index (χ3n) is 3.21. The quantitative estimate of drug-likeness (QED) is 0.766. The Morgan fingerprint density at radius 3 is 2.86 bits per heavy atom. The summed E-state index contributed by atoms with van der Waals surface area (Å²) in [5, 5.41) is 1.61. The molecule has 0 aromatic carbocycles. The van der Waals surface area contributed by atoms with Gasteiger partial charge < -0.3 is 4.57 Å². The Balaban J connectivity index is 0.000000847. The maximum Gasteiger partial charge on any atom is 0.190 e. The van der Waals surface area contributed by atoms with E-state index in [1.807, 2.05) is 26.2 Å². The second-order valence-electron chi connectivity index (χ2n) is 4.44. The fourth-order valence-electron chi connectivity index (χ4n) is 2.28. The fourth-order valence-corrected chi connectivity index (χ4v) is 2.89. The second kappa shape index (κ2) is 7.80. The minimum Gasteiger partial charge on any atom is -0.302 e. The molecule has 3 nitrogen and oxygen atoms in total. The van der Waals surface area contributed by atoms with Crippen LogP contribution in [0.2, 0.25) is 0 Å². The number of aromatic nitrogens is 2. The maximum atomic E-state index is 12.2. The highest BCUT2D eigenvalue weighted by molar-refractivity contribution is 7.98. The molecule has 0 aliphatic heterocycles. The molecule has 1 aliphatic carbocycles. The lowest BCUT2D eigenvalue weighted by Crippen LogP contribution is -2.10. The lowest BCUT2D eigenvalue weighted by Gasteiger charge is -2.15. The van der Waals surface area contributed by atoms with Crippen molar-refractivity contribution in [2.45, 2.75) is 25.3 Å². The maximum absolute atomic E-state index is 12.2. The first-order chi connectivity index (χ1) is 10.8. The number of hydrogen-bond acceptors (Lipinski definition) is 3. The van der Waals surface area contributed by atoms with Crippen LogP contribution in [-0.2, 0) is 0 Å². The zero-order valence-electron chi connectivity index (χ0n) is 13.1. The molecule has 0 amide bonds. The van der Waals surface area contributed by atoms with Gasteiger partial charge in [0.15, 0.2) is 5.43 Å². The van der Waals surface area contributed by atoms with Crippen LogP contribution in [0.4, 0.5) is 0 Å². The number of thioether (sulfide) groups is 1. The van der Waals surface area contributed by atoms with E-state index in [0.29, 0.717) is 5.39 Å². The predicted molar refractivity (Wildman–Crippen MR) is 96.3 cm³/mol. The van der Waals surface area contributed by atoms with Crippen molar-refractivity contribution >= 4 is 28.4 Å². The van der Waals surface area contributed by atoms with Gasteiger partial charge in [0.1, 0.15) is 0 Å². The summed E-state index contributed by atoms with van der Waals surface area (Å²) >= 11 is 1.56. The van der Waals surface area contributed by atoms with Gasteiger partial charge in [-0.25, -0.2) is 0 Å². The molecule has 1 aliphatic rings. The Labute approximate surface area is 135 Å². The van der Waals surface area contributed by atoms with Crippen LogP contribution in [0.15, 0.2) is 64.7 Å². The van der Waals surface area contributed by atoms with Crippen LogP contribution in [0.1, 0.15) is 20.3 Å². The Morgan fingerprint density at radius 2 is 2.09 bits per heavy atom. The molecule has 22 heavy (non-hydrogen) atoms. The lowest BCUT2D eigenvalue weighted by atomic mass is 10.2. The Morgan fingerprint density at radius 1 is 1.27 bits per heavy atom. The summed E-state index contributed by atoms with van der Waals surface area (Å²) in [6, 6.07) is 3.46.